The Bertz CT molecular complexity index is 1500. The average molecular weight is 587 g/mol. The first-order valence-electron chi connectivity index (χ1n) is 13.9. The Morgan fingerprint density at radius 1 is 0.833 bits per heavy atom. The average Bonchev–Trinajstić information content (AvgIpc) is 2.98. The summed E-state index contributed by atoms with van der Waals surface area (Å²) in [5.74, 6) is 0.914. The van der Waals surface area contributed by atoms with Crippen molar-refractivity contribution in [2.24, 2.45) is 5.73 Å². The maximum absolute atomic E-state index is 12.0. The van der Waals surface area contributed by atoms with Gasteiger partial charge in [-0.3, -0.25) is 9.69 Å². The van der Waals surface area contributed by atoms with E-state index in [9.17, 15) is 13.2 Å². The van der Waals surface area contributed by atoms with Crippen molar-refractivity contribution in [1.82, 2.24) is 4.90 Å². The quantitative estimate of drug-likeness (QED) is 0.192. The second-order valence-corrected chi connectivity index (χ2v) is 12.4. The van der Waals surface area contributed by atoms with Crippen molar-refractivity contribution in [3.8, 4) is 11.5 Å². The van der Waals surface area contributed by atoms with Crippen LogP contribution in [-0.4, -0.2) is 52.3 Å². The van der Waals surface area contributed by atoms with Crippen molar-refractivity contribution in [3.05, 3.63) is 125 Å². The summed E-state index contributed by atoms with van der Waals surface area (Å²) in [5.41, 5.74) is 9.63. The van der Waals surface area contributed by atoms with Crippen LogP contribution in [0.3, 0.4) is 0 Å². The second kappa shape index (κ2) is 14.7. The molecule has 220 valence electrons. The van der Waals surface area contributed by atoms with Gasteiger partial charge >= 0.3 is 0 Å². The first-order chi connectivity index (χ1) is 20.2. The van der Waals surface area contributed by atoms with Gasteiger partial charge in [0, 0.05) is 31.8 Å². The highest BCUT2D eigenvalue weighted by atomic mass is 32.2. The van der Waals surface area contributed by atoms with Gasteiger partial charge in [-0.25, -0.2) is 8.42 Å². The molecule has 2 N–H and O–H groups in total. The van der Waals surface area contributed by atoms with Gasteiger partial charge in [-0.1, -0.05) is 78.9 Å². The third-order valence-electron chi connectivity index (χ3n) is 7.08. The third kappa shape index (κ3) is 8.93. The minimum Gasteiger partial charge on any atom is -0.493 e. The summed E-state index contributed by atoms with van der Waals surface area (Å²) in [6.45, 7) is 2.60. The highest BCUT2D eigenvalue weighted by Gasteiger charge is 2.19. The van der Waals surface area contributed by atoms with E-state index in [1.807, 2.05) is 24.3 Å². The summed E-state index contributed by atoms with van der Waals surface area (Å²) in [7, 11) is -1.68. The first-order valence-corrected chi connectivity index (χ1v) is 15.8. The van der Waals surface area contributed by atoms with E-state index in [1.54, 1.807) is 37.4 Å². The summed E-state index contributed by atoms with van der Waals surface area (Å²) < 4.78 is 35.5. The predicted molar refractivity (Wildman–Crippen MR) is 166 cm³/mol. The summed E-state index contributed by atoms with van der Waals surface area (Å²) in [4.78, 5) is 14.1. The normalized spacial score (nSPS) is 11.5. The number of sulfone groups is 1. The molecule has 0 saturated heterocycles. The largest absolute Gasteiger partial charge is 0.493 e. The molecule has 0 heterocycles. The highest BCUT2D eigenvalue weighted by molar-refractivity contribution is 7.90. The molecule has 0 aromatic heterocycles. The molecule has 0 radical (unpaired) electrons. The van der Waals surface area contributed by atoms with Crippen LogP contribution in [0.25, 0.3) is 0 Å². The zero-order valence-corrected chi connectivity index (χ0v) is 24.9. The number of ether oxygens (including phenoxy) is 2. The maximum Gasteiger partial charge on any atom is 0.221 e. The number of benzene rings is 4. The van der Waals surface area contributed by atoms with Gasteiger partial charge in [-0.05, 0) is 52.9 Å². The molecule has 7 nitrogen and oxygen atoms in total. The van der Waals surface area contributed by atoms with Crippen LogP contribution in [0, 0.1) is 0 Å². The number of hydrogen-bond acceptors (Lipinski definition) is 6. The molecule has 0 spiro atoms. The van der Waals surface area contributed by atoms with Crippen LogP contribution >= 0.6 is 0 Å². The molecule has 8 heteroatoms. The highest BCUT2D eigenvalue weighted by Crippen LogP contribution is 2.29. The molecule has 4 rings (SSSR count). The number of nitrogens with two attached hydrogens (primary N) is 1. The lowest BCUT2D eigenvalue weighted by atomic mass is 9.90. The molecule has 0 atom stereocenters. The Balaban J connectivity index is 1.52. The van der Waals surface area contributed by atoms with Gasteiger partial charge in [-0.15, -0.1) is 0 Å². The number of rotatable bonds is 15. The van der Waals surface area contributed by atoms with E-state index in [2.05, 4.69) is 53.4 Å². The van der Waals surface area contributed by atoms with Gasteiger partial charge < -0.3 is 15.2 Å². The third-order valence-corrected chi connectivity index (χ3v) is 8.21. The summed E-state index contributed by atoms with van der Waals surface area (Å²) in [6, 6.07) is 33.4. The van der Waals surface area contributed by atoms with Gasteiger partial charge in [0.1, 0.15) is 0 Å². The van der Waals surface area contributed by atoms with E-state index >= 15 is 0 Å². The molecule has 0 unspecified atom stereocenters. The fourth-order valence-electron chi connectivity index (χ4n) is 4.98. The Labute approximate surface area is 248 Å². The maximum atomic E-state index is 12.0. The molecule has 4 aromatic carbocycles. The van der Waals surface area contributed by atoms with Gasteiger partial charge in [0.25, 0.3) is 0 Å². The lowest BCUT2D eigenvalue weighted by Gasteiger charge is -2.28. The minimum atomic E-state index is -3.26. The molecule has 0 fully saturated rings. The topological polar surface area (TPSA) is 98.9 Å². The van der Waals surface area contributed by atoms with Crippen LogP contribution in [0.5, 0.6) is 11.5 Å². The summed E-state index contributed by atoms with van der Waals surface area (Å²) in [5, 5.41) is 0. The molecule has 0 bridgehead atoms. The summed E-state index contributed by atoms with van der Waals surface area (Å²) >= 11 is 0. The first kappa shape index (κ1) is 30.8. The zero-order chi connectivity index (χ0) is 30.0. The van der Waals surface area contributed by atoms with Gasteiger partial charge in [0.15, 0.2) is 21.3 Å². The monoisotopic (exact) mass is 586 g/mol. The lowest BCUT2D eigenvalue weighted by molar-refractivity contribution is -0.117. The number of carbonyl (C=O) groups excluding carboxylic acids is 1. The van der Waals surface area contributed by atoms with Crippen molar-refractivity contribution in [2.45, 2.75) is 30.2 Å². The SMILES string of the molecule is COc1ccc(CC(N)=O)cc1OCCCN(Cc1ccc(S(C)(=O)=O)cc1)CC(c1ccccc1)c1ccccc1. The predicted octanol–water partition coefficient (Wildman–Crippen LogP) is 5.23. The van der Waals surface area contributed by atoms with Gasteiger partial charge in [0.05, 0.1) is 25.0 Å². The van der Waals surface area contributed by atoms with Crippen molar-refractivity contribution >= 4 is 15.7 Å². The Hall–Kier alpha value is -4.14. The fourth-order valence-corrected chi connectivity index (χ4v) is 5.61. The van der Waals surface area contributed by atoms with Crippen LogP contribution < -0.4 is 15.2 Å². The number of amides is 1. The van der Waals surface area contributed by atoms with E-state index < -0.39 is 15.7 Å². The number of hydrogen-bond donors (Lipinski definition) is 1. The smallest absolute Gasteiger partial charge is 0.221 e. The molecule has 0 saturated carbocycles. The van der Waals surface area contributed by atoms with Gasteiger partial charge in [-0.2, -0.15) is 0 Å². The minimum absolute atomic E-state index is 0.132. The van der Waals surface area contributed by atoms with Gasteiger partial charge in [0.2, 0.25) is 5.91 Å². The van der Waals surface area contributed by atoms with E-state index in [-0.39, 0.29) is 12.3 Å². The number of primary amides is 1. The van der Waals surface area contributed by atoms with E-state index in [0.717, 1.165) is 30.6 Å². The number of carbonyl (C=O) groups is 1. The molecule has 4 aromatic rings. The second-order valence-electron chi connectivity index (χ2n) is 10.4. The van der Waals surface area contributed by atoms with Crippen LogP contribution in [0.2, 0.25) is 0 Å². The molecule has 0 aliphatic rings. The molecular formula is C34H38N2O5S. The van der Waals surface area contributed by atoms with Crippen molar-refractivity contribution in [3.63, 3.8) is 0 Å². The lowest BCUT2D eigenvalue weighted by Crippen LogP contribution is -2.30. The van der Waals surface area contributed by atoms with E-state index in [0.29, 0.717) is 29.5 Å². The van der Waals surface area contributed by atoms with Crippen molar-refractivity contribution < 1.29 is 22.7 Å². The van der Waals surface area contributed by atoms with Crippen molar-refractivity contribution in [2.75, 3.05) is 33.1 Å². The van der Waals surface area contributed by atoms with Crippen LogP contribution in [0.1, 0.15) is 34.6 Å². The number of methoxy groups -OCH3 is 1. The van der Waals surface area contributed by atoms with E-state index in [4.69, 9.17) is 15.2 Å². The zero-order valence-electron chi connectivity index (χ0n) is 24.1. The molecule has 42 heavy (non-hydrogen) atoms. The molecular weight excluding hydrogens is 548 g/mol. The van der Waals surface area contributed by atoms with Crippen LogP contribution in [0.15, 0.2) is 108 Å². The standard InChI is InChI=1S/C34H38N2O5S/c1-40-32-19-16-27(23-34(35)37)22-33(32)41-21-9-20-36(24-26-14-17-30(18-15-26)42(2,38)39)25-31(28-10-5-3-6-11-28)29-12-7-4-8-13-29/h3-8,10-19,22,31H,9,20-21,23-25H2,1-2H3,(H2,35,37). The Morgan fingerprint density at radius 2 is 1.43 bits per heavy atom. The fraction of sp³-hybridized carbons (Fsp3) is 0.265. The molecule has 1 amide bonds. The Morgan fingerprint density at radius 3 is 1.98 bits per heavy atom. The molecule has 0 aliphatic carbocycles. The van der Waals surface area contributed by atoms with Crippen molar-refractivity contribution in [1.29, 1.82) is 0 Å². The number of nitrogens with zero attached hydrogens (tertiary/aromatic N) is 1. The summed E-state index contributed by atoms with van der Waals surface area (Å²) in [6.07, 6.45) is 2.09. The van der Waals surface area contributed by atoms with E-state index in [1.165, 1.54) is 17.4 Å². The van der Waals surface area contributed by atoms with Crippen LogP contribution in [0.4, 0.5) is 0 Å². The molecule has 0 aliphatic heterocycles. The Kier molecular flexibility index (Phi) is 10.8. The van der Waals surface area contributed by atoms with Crippen LogP contribution in [-0.2, 0) is 27.6 Å².